The fourth-order valence-corrected chi connectivity index (χ4v) is 2.62. The molecule has 1 saturated heterocycles. The molecule has 1 fully saturated rings. The molecule has 1 N–H and O–H groups in total. The van der Waals surface area contributed by atoms with E-state index in [1.165, 1.54) is 19.4 Å². The molecule has 1 aliphatic rings. The summed E-state index contributed by atoms with van der Waals surface area (Å²) in [6.07, 6.45) is 2.63. The van der Waals surface area contributed by atoms with Gasteiger partial charge in [0.15, 0.2) is 5.76 Å². The fourth-order valence-electron chi connectivity index (χ4n) is 2.62. The first kappa shape index (κ1) is 14.5. The molecular weight excluding hydrogens is 238 g/mol. The van der Waals surface area contributed by atoms with Crippen molar-refractivity contribution in [2.75, 3.05) is 6.54 Å². The van der Waals surface area contributed by atoms with Crippen LogP contribution in [0.4, 0.5) is 0 Å². The van der Waals surface area contributed by atoms with Crippen LogP contribution in [-0.2, 0) is 13.1 Å². The van der Waals surface area contributed by atoms with Crippen molar-refractivity contribution in [3.05, 3.63) is 17.5 Å². The zero-order chi connectivity index (χ0) is 13.8. The highest BCUT2D eigenvalue weighted by Gasteiger charge is 2.23. The third-order valence-electron chi connectivity index (χ3n) is 3.90. The molecule has 0 saturated carbocycles. The number of rotatable bonds is 5. The Balaban J connectivity index is 1.88. The average Bonchev–Trinajstić information content (AvgIpc) is 2.79. The Kier molecular flexibility index (Phi) is 4.99. The Bertz CT molecular complexity index is 388. The molecule has 0 spiro atoms. The summed E-state index contributed by atoms with van der Waals surface area (Å²) < 4.78 is 5.45. The van der Waals surface area contributed by atoms with Gasteiger partial charge in [0.25, 0.3) is 0 Å². The zero-order valence-electron chi connectivity index (χ0n) is 12.6. The van der Waals surface area contributed by atoms with Crippen LogP contribution in [0.25, 0.3) is 0 Å². The first-order valence-electron chi connectivity index (χ1n) is 7.46. The molecule has 0 aliphatic carbocycles. The highest BCUT2D eigenvalue weighted by Crippen LogP contribution is 2.23. The predicted molar refractivity (Wildman–Crippen MR) is 76.7 cm³/mol. The van der Waals surface area contributed by atoms with Crippen molar-refractivity contribution < 1.29 is 4.52 Å². The van der Waals surface area contributed by atoms with Gasteiger partial charge in [0.05, 0.1) is 12.2 Å². The molecule has 1 aliphatic heterocycles. The lowest BCUT2D eigenvalue weighted by Gasteiger charge is -2.35. The van der Waals surface area contributed by atoms with Gasteiger partial charge in [0, 0.05) is 31.2 Å². The largest absolute Gasteiger partial charge is 0.360 e. The minimum Gasteiger partial charge on any atom is -0.360 e. The topological polar surface area (TPSA) is 41.3 Å². The Labute approximate surface area is 116 Å². The first-order chi connectivity index (χ1) is 9.04. The zero-order valence-corrected chi connectivity index (χ0v) is 12.6. The van der Waals surface area contributed by atoms with Gasteiger partial charge in [-0.15, -0.1) is 0 Å². The second kappa shape index (κ2) is 6.53. The van der Waals surface area contributed by atoms with E-state index < -0.39 is 0 Å². The molecule has 0 bridgehead atoms. The number of nitrogens with zero attached hydrogens (tertiary/aromatic N) is 2. The van der Waals surface area contributed by atoms with E-state index in [1.54, 1.807) is 0 Å². The maximum atomic E-state index is 5.45. The summed E-state index contributed by atoms with van der Waals surface area (Å²) in [7, 11) is 0. The van der Waals surface area contributed by atoms with E-state index in [-0.39, 0.29) is 0 Å². The summed E-state index contributed by atoms with van der Waals surface area (Å²) in [5.41, 5.74) is 1.00. The van der Waals surface area contributed by atoms with Crippen LogP contribution >= 0.6 is 0 Å². The Morgan fingerprint density at radius 1 is 1.42 bits per heavy atom. The lowest BCUT2D eigenvalue weighted by atomic mass is 9.95. The van der Waals surface area contributed by atoms with Crippen LogP contribution in [-0.4, -0.2) is 28.7 Å². The lowest BCUT2D eigenvalue weighted by molar-refractivity contribution is 0.106. The molecule has 1 aromatic heterocycles. The molecule has 0 aromatic carbocycles. The van der Waals surface area contributed by atoms with Crippen molar-refractivity contribution in [2.24, 2.45) is 5.92 Å². The fraction of sp³-hybridized carbons (Fsp3) is 0.800. The summed E-state index contributed by atoms with van der Waals surface area (Å²) in [5.74, 6) is 1.78. The van der Waals surface area contributed by atoms with Gasteiger partial charge < -0.3 is 9.84 Å². The van der Waals surface area contributed by atoms with E-state index in [9.17, 15) is 0 Å². The molecule has 2 unspecified atom stereocenters. The summed E-state index contributed by atoms with van der Waals surface area (Å²) in [6, 6.07) is 3.21. The van der Waals surface area contributed by atoms with Crippen molar-refractivity contribution in [1.29, 1.82) is 0 Å². The van der Waals surface area contributed by atoms with Crippen molar-refractivity contribution >= 4 is 0 Å². The van der Waals surface area contributed by atoms with Gasteiger partial charge in [0.2, 0.25) is 0 Å². The third-order valence-corrected chi connectivity index (χ3v) is 3.90. The highest BCUT2D eigenvalue weighted by atomic mass is 16.5. The number of aromatic nitrogens is 1. The quantitative estimate of drug-likeness (QED) is 0.889. The summed E-state index contributed by atoms with van der Waals surface area (Å²) in [5, 5.41) is 7.49. The minimum atomic E-state index is 0.475. The van der Waals surface area contributed by atoms with Gasteiger partial charge in [-0.05, 0) is 25.7 Å². The lowest BCUT2D eigenvalue weighted by Crippen LogP contribution is -2.40. The number of hydrogen-bond acceptors (Lipinski definition) is 4. The van der Waals surface area contributed by atoms with Gasteiger partial charge in [-0.2, -0.15) is 0 Å². The minimum absolute atomic E-state index is 0.475. The van der Waals surface area contributed by atoms with E-state index in [1.807, 2.05) is 0 Å². The molecule has 2 rings (SSSR count). The SMILES string of the molecule is CC1CCC(C)N(Cc2cc(CNC(C)C)no2)C1. The molecule has 108 valence electrons. The maximum absolute atomic E-state index is 5.45. The molecule has 1 aromatic rings. The van der Waals surface area contributed by atoms with Crippen molar-refractivity contribution in [2.45, 2.75) is 65.7 Å². The predicted octanol–water partition coefficient (Wildman–Crippen LogP) is 2.79. The standard InChI is InChI=1S/C15H27N3O/c1-11(2)16-8-14-7-15(19-17-14)10-18-9-12(3)5-6-13(18)4/h7,11-13,16H,5-6,8-10H2,1-4H3. The molecular formula is C15H27N3O. The third kappa shape index (κ3) is 4.32. The van der Waals surface area contributed by atoms with Crippen molar-refractivity contribution in [3.8, 4) is 0 Å². The number of hydrogen-bond donors (Lipinski definition) is 1. The monoisotopic (exact) mass is 265 g/mol. The van der Waals surface area contributed by atoms with Crippen molar-refractivity contribution in [3.63, 3.8) is 0 Å². The van der Waals surface area contributed by atoms with Crippen LogP contribution in [0.15, 0.2) is 10.6 Å². The second-order valence-corrected chi connectivity index (χ2v) is 6.28. The molecule has 0 radical (unpaired) electrons. The maximum Gasteiger partial charge on any atom is 0.151 e. The van der Waals surface area contributed by atoms with Gasteiger partial charge in [-0.25, -0.2) is 0 Å². The Hall–Kier alpha value is -0.870. The van der Waals surface area contributed by atoms with E-state index in [2.05, 4.69) is 49.1 Å². The van der Waals surface area contributed by atoms with Crippen LogP contribution in [0, 0.1) is 5.92 Å². The first-order valence-corrected chi connectivity index (χ1v) is 7.46. The van der Waals surface area contributed by atoms with Gasteiger partial charge in [-0.1, -0.05) is 25.9 Å². The summed E-state index contributed by atoms with van der Waals surface area (Å²) >= 11 is 0. The Morgan fingerprint density at radius 2 is 2.21 bits per heavy atom. The van der Waals surface area contributed by atoms with E-state index >= 15 is 0 Å². The average molecular weight is 265 g/mol. The van der Waals surface area contributed by atoms with Crippen LogP contribution in [0.1, 0.15) is 52.0 Å². The number of piperidine rings is 1. The molecule has 0 amide bonds. The molecule has 4 nitrogen and oxygen atoms in total. The van der Waals surface area contributed by atoms with Gasteiger partial charge in [-0.3, -0.25) is 4.90 Å². The van der Waals surface area contributed by atoms with E-state index in [0.717, 1.165) is 30.5 Å². The molecule has 4 heteroatoms. The van der Waals surface area contributed by atoms with Gasteiger partial charge >= 0.3 is 0 Å². The van der Waals surface area contributed by atoms with E-state index in [0.29, 0.717) is 12.1 Å². The Morgan fingerprint density at radius 3 is 2.95 bits per heavy atom. The van der Waals surface area contributed by atoms with Crippen LogP contribution in [0.5, 0.6) is 0 Å². The highest BCUT2D eigenvalue weighted by molar-refractivity contribution is 5.05. The van der Waals surface area contributed by atoms with Gasteiger partial charge in [0.1, 0.15) is 0 Å². The summed E-state index contributed by atoms with van der Waals surface area (Å²) in [6.45, 7) is 11.8. The summed E-state index contributed by atoms with van der Waals surface area (Å²) in [4.78, 5) is 2.51. The molecule has 2 atom stereocenters. The smallest absolute Gasteiger partial charge is 0.151 e. The molecule has 19 heavy (non-hydrogen) atoms. The van der Waals surface area contributed by atoms with Crippen LogP contribution in [0.3, 0.4) is 0 Å². The van der Waals surface area contributed by atoms with E-state index in [4.69, 9.17) is 4.52 Å². The second-order valence-electron chi connectivity index (χ2n) is 6.28. The number of nitrogens with one attached hydrogen (secondary N) is 1. The normalized spacial score (nSPS) is 25.1. The van der Waals surface area contributed by atoms with Crippen LogP contribution < -0.4 is 5.32 Å². The van der Waals surface area contributed by atoms with Crippen molar-refractivity contribution in [1.82, 2.24) is 15.4 Å². The number of likely N-dealkylation sites (tertiary alicyclic amines) is 1. The van der Waals surface area contributed by atoms with Crippen LogP contribution in [0.2, 0.25) is 0 Å². The molecule has 2 heterocycles.